The highest BCUT2D eigenvalue weighted by molar-refractivity contribution is 7.91. The number of benzene rings is 2. The Labute approximate surface area is 164 Å². The summed E-state index contributed by atoms with van der Waals surface area (Å²) >= 11 is 0. The highest BCUT2D eigenvalue weighted by Crippen LogP contribution is 2.20. The molecule has 0 bridgehead atoms. The van der Waals surface area contributed by atoms with E-state index in [1.54, 1.807) is 0 Å². The fourth-order valence-corrected chi connectivity index (χ4v) is 2.91. The van der Waals surface area contributed by atoms with Gasteiger partial charge in [-0.15, -0.1) is 0 Å². The number of halogens is 2. The van der Waals surface area contributed by atoms with Crippen LogP contribution < -0.4 is 5.32 Å². The lowest BCUT2D eigenvalue weighted by Gasteiger charge is -2.09. The standard InChI is InChI=1S/C18H15F2NO7S/c1-27-16(23)13-4-2-3-5-14(13)17(24)28-10-15(22)21-11-6-8-12(9-7-11)29(25,26)18(19)20/h2-9,18H,10H2,1H3,(H,21,22). The second-order valence-electron chi connectivity index (χ2n) is 5.49. The third-order valence-corrected chi connectivity index (χ3v) is 4.99. The number of nitrogens with one attached hydrogen (secondary N) is 1. The number of hydrogen-bond donors (Lipinski definition) is 1. The Morgan fingerprint density at radius 1 is 0.966 bits per heavy atom. The summed E-state index contributed by atoms with van der Waals surface area (Å²) in [6.07, 6.45) is 0. The van der Waals surface area contributed by atoms with Gasteiger partial charge in [-0.05, 0) is 36.4 Å². The third-order valence-electron chi connectivity index (χ3n) is 3.59. The number of carbonyl (C=O) groups is 3. The molecule has 2 rings (SSSR count). The van der Waals surface area contributed by atoms with Crippen molar-refractivity contribution in [1.29, 1.82) is 0 Å². The first-order chi connectivity index (χ1) is 13.7. The molecule has 0 saturated heterocycles. The van der Waals surface area contributed by atoms with Crippen LogP contribution in [0.1, 0.15) is 20.7 Å². The Hall–Kier alpha value is -3.34. The number of hydrogen-bond acceptors (Lipinski definition) is 7. The van der Waals surface area contributed by atoms with Crippen molar-refractivity contribution in [1.82, 2.24) is 0 Å². The van der Waals surface area contributed by atoms with Crippen LogP contribution in [0.2, 0.25) is 0 Å². The molecule has 0 unspecified atom stereocenters. The van der Waals surface area contributed by atoms with Crippen LogP contribution in [0.25, 0.3) is 0 Å². The first-order valence-electron chi connectivity index (χ1n) is 7.93. The normalized spacial score (nSPS) is 11.0. The zero-order chi connectivity index (χ0) is 21.6. The molecule has 0 aromatic heterocycles. The SMILES string of the molecule is COC(=O)c1ccccc1C(=O)OCC(=O)Nc1ccc(S(=O)(=O)C(F)F)cc1. The monoisotopic (exact) mass is 427 g/mol. The maximum absolute atomic E-state index is 12.5. The maximum atomic E-state index is 12.5. The molecule has 1 N–H and O–H groups in total. The van der Waals surface area contributed by atoms with E-state index in [0.29, 0.717) is 0 Å². The quantitative estimate of drug-likeness (QED) is 0.674. The molecule has 0 aliphatic rings. The van der Waals surface area contributed by atoms with Crippen molar-refractivity contribution in [3.63, 3.8) is 0 Å². The van der Waals surface area contributed by atoms with E-state index in [9.17, 15) is 31.6 Å². The number of esters is 2. The van der Waals surface area contributed by atoms with Crippen molar-refractivity contribution in [2.45, 2.75) is 10.7 Å². The minimum atomic E-state index is -4.74. The van der Waals surface area contributed by atoms with Crippen LogP contribution in [0.5, 0.6) is 0 Å². The van der Waals surface area contributed by atoms with Gasteiger partial charge in [0.15, 0.2) is 6.61 Å². The summed E-state index contributed by atoms with van der Waals surface area (Å²) in [5.74, 6) is -6.01. The molecule has 0 aliphatic carbocycles. The van der Waals surface area contributed by atoms with Crippen molar-refractivity contribution in [2.75, 3.05) is 19.0 Å². The van der Waals surface area contributed by atoms with Gasteiger partial charge in [-0.25, -0.2) is 18.0 Å². The molecule has 1 amide bonds. The van der Waals surface area contributed by atoms with E-state index in [1.807, 2.05) is 0 Å². The van der Waals surface area contributed by atoms with Crippen LogP contribution in [0.15, 0.2) is 53.4 Å². The van der Waals surface area contributed by atoms with Crippen LogP contribution in [0.3, 0.4) is 0 Å². The molecule has 0 saturated carbocycles. The molecule has 0 aliphatic heterocycles. The van der Waals surface area contributed by atoms with Crippen molar-refractivity contribution in [2.24, 2.45) is 0 Å². The van der Waals surface area contributed by atoms with Crippen LogP contribution in [-0.2, 0) is 24.1 Å². The molecule has 0 heterocycles. The summed E-state index contributed by atoms with van der Waals surface area (Å²) in [6, 6.07) is 9.76. The van der Waals surface area contributed by atoms with Gasteiger partial charge in [0.1, 0.15) is 0 Å². The summed E-state index contributed by atoms with van der Waals surface area (Å²) in [4.78, 5) is 35.1. The summed E-state index contributed by atoms with van der Waals surface area (Å²) in [6.45, 7) is -0.703. The van der Waals surface area contributed by atoms with Gasteiger partial charge in [0, 0.05) is 5.69 Å². The highest BCUT2D eigenvalue weighted by Gasteiger charge is 2.26. The third kappa shape index (κ3) is 5.35. The van der Waals surface area contributed by atoms with Gasteiger partial charge in [0.2, 0.25) is 9.84 Å². The molecule has 8 nitrogen and oxygen atoms in total. The second-order valence-corrected chi connectivity index (χ2v) is 7.41. The number of anilines is 1. The summed E-state index contributed by atoms with van der Waals surface area (Å²) < 4.78 is 57.1. The highest BCUT2D eigenvalue weighted by atomic mass is 32.2. The number of rotatable bonds is 7. The maximum Gasteiger partial charge on any atom is 0.341 e. The average Bonchev–Trinajstić information content (AvgIpc) is 2.71. The molecule has 2 aromatic rings. The van der Waals surface area contributed by atoms with Crippen molar-refractivity contribution in [3.8, 4) is 0 Å². The predicted molar refractivity (Wildman–Crippen MR) is 96.3 cm³/mol. The van der Waals surface area contributed by atoms with E-state index in [1.165, 1.54) is 24.3 Å². The molecule has 0 fully saturated rings. The molecule has 0 radical (unpaired) electrons. The van der Waals surface area contributed by atoms with Gasteiger partial charge in [-0.3, -0.25) is 4.79 Å². The molecule has 0 spiro atoms. The molecule has 11 heteroatoms. The van der Waals surface area contributed by atoms with E-state index >= 15 is 0 Å². The average molecular weight is 427 g/mol. The lowest BCUT2D eigenvalue weighted by molar-refractivity contribution is -0.119. The smallest absolute Gasteiger partial charge is 0.341 e. The Balaban J connectivity index is 1.99. The van der Waals surface area contributed by atoms with Crippen LogP contribution in [0, 0.1) is 0 Å². The summed E-state index contributed by atoms with van der Waals surface area (Å²) in [7, 11) is -3.59. The molecule has 29 heavy (non-hydrogen) atoms. The molecule has 0 atom stereocenters. The number of sulfone groups is 1. The van der Waals surface area contributed by atoms with Crippen molar-refractivity contribution >= 4 is 33.4 Å². The van der Waals surface area contributed by atoms with E-state index < -0.39 is 44.9 Å². The van der Waals surface area contributed by atoms with E-state index in [-0.39, 0.29) is 16.8 Å². The summed E-state index contributed by atoms with van der Waals surface area (Å²) in [5.41, 5.74) is -0.0147. The van der Waals surface area contributed by atoms with Crippen molar-refractivity contribution in [3.05, 3.63) is 59.7 Å². The molecular formula is C18H15F2NO7S. The van der Waals surface area contributed by atoms with Crippen LogP contribution in [0.4, 0.5) is 14.5 Å². The van der Waals surface area contributed by atoms with Gasteiger partial charge in [-0.1, -0.05) is 12.1 Å². The van der Waals surface area contributed by atoms with Gasteiger partial charge in [0.25, 0.3) is 5.91 Å². The fraction of sp³-hybridized carbons (Fsp3) is 0.167. The zero-order valence-corrected chi connectivity index (χ0v) is 15.7. The van der Waals surface area contributed by atoms with E-state index in [4.69, 9.17) is 4.74 Å². The second kappa shape index (κ2) is 9.24. The Kier molecular flexibility index (Phi) is 6.99. The van der Waals surface area contributed by atoms with Gasteiger partial charge in [-0.2, -0.15) is 8.78 Å². The molecular weight excluding hydrogens is 412 g/mol. The Bertz CT molecular complexity index is 1020. The first-order valence-corrected chi connectivity index (χ1v) is 9.48. The minimum Gasteiger partial charge on any atom is -0.465 e. The van der Waals surface area contributed by atoms with Crippen molar-refractivity contribution < 1.29 is 41.1 Å². The largest absolute Gasteiger partial charge is 0.465 e. The Morgan fingerprint density at radius 2 is 1.52 bits per heavy atom. The Morgan fingerprint density at radius 3 is 2.03 bits per heavy atom. The fourth-order valence-electron chi connectivity index (χ4n) is 2.19. The lowest BCUT2D eigenvalue weighted by atomic mass is 10.1. The van der Waals surface area contributed by atoms with Crippen LogP contribution >= 0.6 is 0 Å². The zero-order valence-electron chi connectivity index (χ0n) is 14.9. The van der Waals surface area contributed by atoms with Crippen LogP contribution in [-0.4, -0.2) is 45.7 Å². The number of amides is 1. The predicted octanol–water partition coefficient (Wildman–Crippen LogP) is 2.27. The number of carbonyl (C=O) groups excluding carboxylic acids is 3. The topological polar surface area (TPSA) is 116 Å². The number of ether oxygens (including phenoxy) is 2. The lowest BCUT2D eigenvalue weighted by Crippen LogP contribution is -2.22. The first kappa shape index (κ1) is 22.0. The molecule has 2 aromatic carbocycles. The van der Waals surface area contributed by atoms with Gasteiger partial charge >= 0.3 is 17.7 Å². The number of alkyl halides is 2. The van der Waals surface area contributed by atoms with E-state index in [0.717, 1.165) is 31.4 Å². The summed E-state index contributed by atoms with van der Waals surface area (Å²) in [5, 5.41) is 2.32. The minimum absolute atomic E-state index is 0.0313. The number of methoxy groups -OCH3 is 1. The van der Waals surface area contributed by atoms with Gasteiger partial charge in [0.05, 0.1) is 23.1 Å². The van der Waals surface area contributed by atoms with Gasteiger partial charge < -0.3 is 14.8 Å². The molecule has 154 valence electrons. The van der Waals surface area contributed by atoms with E-state index in [2.05, 4.69) is 10.1 Å².